The van der Waals surface area contributed by atoms with Crippen molar-refractivity contribution in [1.29, 1.82) is 0 Å². The van der Waals surface area contributed by atoms with E-state index in [9.17, 15) is 0 Å². The number of methoxy groups -OCH3 is 2. The Morgan fingerprint density at radius 1 is 1.04 bits per heavy atom. The Hall–Kier alpha value is -1.89. The normalized spacial score (nSPS) is 12.1. The number of nitrogens with one attached hydrogen (secondary N) is 1. The highest BCUT2D eigenvalue weighted by Gasteiger charge is 2.12. The van der Waals surface area contributed by atoms with Crippen LogP contribution >= 0.6 is 22.7 Å². The quantitative estimate of drug-likeness (QED) is 0.702. The molecule has 1 atom stereocenters. The largest absolute Gasteiger partial charge is 0.493 e. The summed E-state index contributed by atoms with van der Waals surface area (Å²) in [6, 6.07) is 10.2. The lowest BCUT2D eigenvalue weighted by Crippen LogP contribution is -3.06. The second kappa shape index (κ2) is 7.79. The van der Waals surface area contributed by atoms with Crippen LogP contribution in [-0.4, -0.2) is 26.3 Å². The van der Waals surface area contributed by atoms with Crippen molar-refractivity contribution >= 4 is 22.7 Å². The average Bonchev–Trinajstić information content (AvgIpc) is 3.26. The molecule has 0 fully saturated rings. The van der Waals surface area contributed by atoms with Crippen molar-refractivity contribution in [3.63, 3.8) is 0 Å². The first kappa shape index (κ1) is 17.0. The Morgan fingerprint density at radius 2 is 1.88 bits per heavy atom. The molecule has 0 aliphatic rings. The summed E-state index contributed by atoms with van der Waals surface area (Å²) in [7, 11) is 5.50. The van der Waals surface area contributed by atoms with Crippen LogP contribution in [0.5, 0.6) is 11.5 Å². The highest BCUT2D eigenvalue weighted by molar-refractivity contribution is 7.13. The zero-order valence-electron chi connectivity index (χ0n) is 14.0. The number of ether oxygens (including phenoxy) is 2. The minimum Gasteiger partial charge on any atom is -0.493 e. The first-order valence-corrected chi connectivity index (χ1v) is 9.46. The van der Waals surface area contributed by atoms with E-state index in [1.54, 1.807) is 25.6 Å². The molecule has 1 N–H and O–H groups in total. The van der Waals surface area contributed by atoms with Crippen LogP contribution < -0.4 is 14.4 Å². The molecule has 0 bridgehead atoms. The molecule has 3 rings (SSSR count). The smallest absolute Gasteiger partial charge is 0.161 e. The third kappa shape index (κ3) is 3.95. The Morgan fingerprint density at radius 3 is 2.58 bits per heavy atom. The summed E-state index contributed by atoms with van der Waals surface area (Å²) >= 11 is 3.47. The lowest BCUT2D eigenvalue weighted by atomic mass is 10.2. The van der Waals surface area contributed by atoms with E-state index in [0.29, 0.717) is 0 Å². The van der Waals surface area contributed by atoms with Crippen molar-refractivity contribution in [1.82, 2.24) is 4.98 Å². The van der Waals surface area contributed by atoms with Crippen LogP contribution in [0.1, 0.15) is 10.6 Å². The van der Waals surface area contributed by atoms with Crippen LogP contribution in [0.3, 0.4) is 0 Å². The maximum absolute atomic E-state index is 5.38. The Kier molecular flexibility index (Phi) is 5.50. The molecule has 0 radical (unpaired) electrons. The molecule has 0 aliphatic carbocycles. The fourth-order valence-electron chi connectivity index (χ4n) is 2.57. The third-order valence-corrected chi connectivity index (χ3v) is 5.54. The second-order valence-electron chi connectivity index (χ2n) is 5.60. The highest BCUT2D eigenvalue weighted by Crippen LogP contribution is 2.33. The second-order valence-corrected chi connectivity index (χ2v) is 7.49. The number of nitrogens with zero attached hydrogens (tertiary/aromatic N) is 1. The van der Waals surface area contributed by atoms with Crippen molar-refractivity contribution in [3.05, 3.63) is 51.7 Å². The van der Waals surface area contributed by atoms with Crippen LogP contribution in [0.4, 0.5) is 0 Å². The minimum absolute atomic E-state index is 0.729. The molecule has 126 valence electrons. The molecule has 4 nitrogen and oxygen atoms in total. The molecular weight excluding hydrogens is 340 g/mol. The predicted octanol–water partition coefficient (Wildman–Crippen LogP) is 3.10. The van der Waals surface area contributed by atoms with Gasteiger partial charge in [-0.2, -0.15) is 0 Å². The van der Waals surface area contributed by atoms with Gasteiger partial charge in [0.15, 0.2) is 11.5 Å². The van der Waals surface area contributed by atoms with E-state index < -0.39 is 0 Å². The number of rotatable bonds is 7. The topological polar surface area (TPSA) is 35.8 Å². The van der Waals surface area contributed by atoms with Crippen molar-refractivity contribution in [2.75, 3.05) is 21.3 Å². The van der Waals surface area contributed by atoms with E-state index in [1.807, 2.05) is 29.5 Å². The Balaban J connectivity index is 1.71. The van der Waals surface area contributed by atoms with Gasteiger partial charge >= 0.3 is 0 Å². The maximum atomic E-state index is 5.38. The fourth-order valence-corrected chi connectivity index (χ4v) is 4.21. The van der Waals surface area contributed by atoms with E-state index in [0.717, 1.165) is 40.9 Å². The first-order chi connectivity index (χ1) is 11.7. The van der Waals surface area contributed by atoms with E-state index in [1.165, 1.54) is 9.78 Å². The van der Waals surface area contributed by atoms with Crippen LogP contribution in [-0.2, 0) is 13.1 Å². The number of hydrogen-bond acceptors (Lipinski definition) is 5. The van der Waals surface area contributed by atoms with Gasteiger partial charge in [0.05, 0.1) is 26.1 Å². The van der Waals surface area contributed by atoms with Crippen molar-refractivity contribution in [2.45, 2.75) is 13.1 Å². The number of thiophene rings is 1. The summed E-state index contributed by atoms with van der Waals surface area (Å²) in [4.78, 5) is 7.62. The van der Waals surface area contributed by atoms with E-state index in [2.05, 4.69) is 29.9 Å². The van der Waals surface area contributed by atoms with Crippen LogP contribution in [0.2, 0.25) is 0 Å². The zero-order chi connectivity index (χ0) is 16.9. The van der Waals surface area contributed by atoms with E-state index in [-0.39, 0.29) is 0 Å². The molecule has 3 aromatic rings. The predicted molar refractivity (Wildman–Crippen MR) is 99.3 cm³/mol. The molecule has 0 spiro atoms. The summed E-state index contributed by atoms with van der Waals surface area (Å²) in [6.45, 7) is 1.95. The summed E-state index contributed by atoms with van der Waals surface area (Å²) in [5, 5.41) is 5.28. The Labute approximate surface area is 150 Å². The minimum atomic E-state index is 0.729. The first-order valence-electron chi connectivity index (χ1n) is 7.70. The Bertz CT molecular complexity index is 784. The molecule has 2 heterocycles. The molecular formula is C18H21N2O2S2+. The van der Waals surface area contributed by atoms with Gasteiger partial charge in [-0.15, -0.1) is 22.7 Å². The van der Waals surface area contributed by atoms with Gasteiger partial charge in [0.25, 0.3) is 0 Å². The number of hydrogen-bond donors (Lipinski definition) is 1. The highest BCUT2D eigenvalue weighted by atomic mass is 32.1. The van der Waals surface area contributed by atoms with Gasteiger partial charge in [-0.25, -0.2) is 4.98 Å². The number of aromatic nitrogens is 1. The fraction of sp³-hybridized carbons (Fsp3) is 0.278. The van der Waals surface area contributed by atoms with E-state index >= 15 is 0 Å². The van der Waals surface area contributed by atoms with Gasteiger partial charge in [0.2, 0.25) is 0 Å². The number of benzene rings is 1. The zero-order valence-corrected chi connectivity index (χ0v) is 15.7. The monoisotopic (exact) mass is 361 g/mol. The van der Waals surface area contributed by atoms with Crippen molar-refractivity contribution in [2.24, 2.45) is 0 Å². The summed E-state index contributed by atoms with van der Waals surface area (Å²) in [6.07, 6.45) is 0. The number of thiazole rings is 1. The van der Waals surface area contributed by atoms with Gasteiger partial charge < -0.3 is 14.4 Å². The molecule has 0 amide bonds. The standard InChI is InChI=1S/C18H20N2O2S2/c1-20(11-15-5-4-8-23-15)10-14-12-24-18(19-14)13-6-7-16(21-2)17(9-13)22-3/h4-9,12H,10-11H2,1-3H3/p+1. The van der Waals surface area contributed by atoms with Crippen LogP contribution in [0.15, 0.2) is 41.1 Å². The summed E-state index contributed by atoms with van der Waals surface area (Å²) < 4.78 is 10.7. The van der Waals surface area contributed by atoms with Gasteiger partial charge in [0, 0.05) is 10.9 Å². The summed E-state index contributed by atoms with van der Waals surface area (Å²) in [5.41, 5.74) is 2.18. The van der Waals surface area contributed by atoms with Gasteiger partial charge in [-0.1, -0.05) is 6.07 Å². The van der Waals surface area contributed by atoms with Gasteiger partial charge in [0.1, 0.15) is 23.8 Å². The van der Waals surface area contributed by atoms with Crippen LogP contribution in [0, 0.1) is 0 Å². The molecule has 1 unspecified atom stereocenters. The van der Waals surface area contributed by atoms with Crippen molar-refractivity contribution in [3.8, 4) is 22.1 Å². The molecule has 0 saturated heterocycles. The lowest BCUT2D eigenvalue weighted by Gasteiger charge is -2.11. The molecule has 24 heavy (non-hydrogen) atoms. The molecule has 2 aromatic heterocycles. The van der Waals surface area contributed by atoms with Gasteiger partial charge in [-0.3, -0.25) is 0 Å². The lowest BCUT2D eigenvalue weighted by molar-refractivity contribution is -0.907. The van der Waals surface area contributed by atoms with E-state index in [4.69, 9.17) is 14.5 Å². The van der Waals surface area contributed by atoms with Crippen molar-refractivity contribution < 1.29 is 14.4 Å². The number of quaternary nitrogens is 1. The SMILES string of the molecule is COc1ccc(-c2nc(C[NH+](C)Cc3cccs3)cs2)cc1OC. The molecule has 1 aromatic carbocycles. The average molecular weight is 362 g/mol. The molecule has 0 aliphatic heterocycles. The van der Waals surface area contributed by atoms with Crippen LogP contribution in [0.25, 0.3) is 10.6 Å². The maximum Gasteiger partial charge on any atom is 0.161 e. The van der Waals surface area contributed by atoms with Gasteiger partial charge in [-0.05, 0) is 29.6 Å². The summed E-state index contributed by atoms with van der Waals surface area (Å²) in [5.74, 6) is 1.46. The molecule has 6 heteroatoms. The third-order valence-electron chi connectivity index (χ3n) is 3.72. The molecule has 0 saturated carbocycles.